The Balaban J connectivity index is 2.15. The van der Waals surface area contributed by atoms with Gasteiger partial charge in [-0.25, -0.2) is 4.98 Å². The minimum atomic E-state index is 0.219. The van der Waals surface area contributed by atoms with Gasteiger partial charge in [-0.1, -0.05) is 6.92 Å². The van der Waals surface area contributed by atoms with E-state index in [1.165, 1.54) is 9.67 Å². The maximum Gasteiger partial charge on any atom is 0.176 e. The van der Waals surface area contributed by atoms with Crippen LogP contribution < -0.4 is 5.32 Å². The van der Waals surface area contributed by atoms with Crippen molar-refractivity contribution in [2.24, 2.45) is 7.05 Å². The van der Waals surface area contributed by atoms with Gasteiger partial charge < -0.3 is 5.32 Å². The molecule has 17 heavy (non-hydrogen) atoms. The molecule has 0 radical (unpaired) electrons. The van der Waals surface area contributed by atoms with Crippen LogP contribution in [0.4, 0.5) is 0 Å². The van der Waals surface area contributed by atoms with E-state index in [9.17, 15) is 0 Å². The van der Waals surface area contributed by atoms with Crippen LogP contribution in [0, 0.1) is 6.92 Å². The number of hydrogen-bond donors (Lipinski definition) is 1. The van der Waals surface area contributed by atoms with Crippen LogP contribution in [0.3, 0.4) is 0 Å². The van der Waals surface area contributed by atoms with Gasteiger partial charge in [-0.15, -0.1) is 21.5 Å². The first kappa shape index (κ1) is 12.1. The normalized spacial score (nSPS) is 12.9. The highest BCUT2D eigenvalue weighted by molar-refractivity contribution is 7.09. The fourth-order valence-electron chi connectivity index (χ4n) is 1.74. The van der Waals surface area contributed by atoms with E-state index >= 15 is 0 Å². The maximum absolute atomic E-state index is 4.28. The molecular weight excluding hydrogens is 236 g/mol. The number of aryl methyl sites for hydroxylation is 2. The lowest BCUT2D eigenvalue weighted by Crippen LogP contribution is -2.23. The van der Waals surface area contributed by atoms with Gasteiger partial charge in [0.25, 0.3) is 0 Å². The Morgan fingerprint density at radius 3 is 2.88 bits per heavy atom. The molecule has 0 fully saturated rings. The smallest absolute Gasteiger partial charge is 0.176 e. The largest absolute Gasteiger partial charge is 0.309 e. The molecule has 2 aromatic rings. The molecule has 1 unspecified atom stereocenters. The highest BCUT2D eigenvalue weighted by Crippen LogP contribution is 2.23. The van der Waals surface area contributed by atoms with Gasteiger partial charge in [0.15, 0.2) is 5.82 Å². The lowest BCUT2D eigenvalue weighted by atomic mass is 10.1. The van der Waals surface area contributed by atoms with Crippen LogP contribution in [0.25, 0.3) is 0 Å². The zero-order valence-electron chi connectivity index (χ0n) is 10.2. The van der Waals surface area contributed by atoms with E-state index in [1.807, 2.05) is 12.4 Å². The average Bonchev–Trinajstić information content (AvgIpc) is 2.87. The Morgan fingerprint density at radius 1 is 1.53 bits per heavy atom. The molecule has 0 aliphatic carbocycles. The van der Waals surface area contributed by atoms with Gasteiger partial charge in [0, 0.05) is 11.3 Å². The number of hydrogen-bond acceptors (Lipinski definition) is 6. The van der Waals surface area contributed by atoms with Crippen LogP contribution in [0.1, 0.15) is 29.4 Å². The van der Waals surface area contributed by atoms with Crippen molar-refractivity contribution in [2.45, 2.75) is 26.3 Å². The molecule has 0 saturated carbocycles. The zero-order chi connectivity index (χ0) is 12.3. The predicted octanol–water partition coefficient (Wildman–Crippen LogP) is 0.868. The minimum Gasteiger partial charge on any atom is -0.309 e. The van der Waals surface area contributed by atoms with E-state index in [-0.39, 0.29) is 6.04 Å². The van der Waals surface area contributed by atoms with Crippen molar-refractivity contribution in [1.82, 2.24) is 30.5 Å². The lowest BCUT2D eigenvalue weighted by molar-refractivity contribution is 0.539. The van der Waals surface area contributed by atoms with Gasteiger partial charge in [0.05, 0.1) is 24.3 Å². The fourth-order valence-corrected chi connectivity index (χ4v) is 2.62. The Kier molecular flexibility index (Phi) is 3.80. The molecule has 2 rings (SSSR count). The molecular formula is C10H16N6S. The summed E-state index contributed by atoms with van der Waals surface area (Å²) in [7, 11) is 1.77. The quantitative estimate of drug-likeness (QED) is 0.855. The van der Waals surface area contributed by atoms with Gasteiger partial charge in [0.1, 0.15) is 0 Å². The molecule has 0 aliphatic rings. The standard InChI is InChI=1S/C10H16N6S/c1-4-11-8(10-7(2)12-6-17-10)5-9-13-15-16(3)14-9/h6,8,11H,4-5H2,1-3H3. The summed E-state index contributed by atoms with van der Waals surface area (Å²) in [5.41, 5.74) is 2.95. The van der Waals surface area contributed by atoms with Crippen LogP contribution >= 0.6 is 11.3 Å². The molecule has 0 saturated heterocycles. The van der Waals surface area contributed by atoms with Crippen molar-refractivity contribution in [1.29, 1.82) is 0 Å². The van der Waals surface area contributed by atoms with Crippen LogP contribution in [0.5, 0.6) is 0 Å². The number of aromatic nitrogens is 5. The molecule has 0 aromatic carbocycles. The van der Waals surface area contributed by atoms with Gasteiger partial charge in [0.2, 0.25) is 0 Å². The second kappa shape index (κ2) is 5.33. The third-order valence-corrected chi connectivity index (χ3v) is 3.53. The van der Waals surface area contributed by atoms with Crippen molar-refractivity contribution in [3.63, 3.8) is 0 Å². The molecule has 1 atom stereocenters. The highest BCUT2D eigenvalue weighted by atomic mass is 32.1. The van der Waals surface area contributed by atoms with Gasteiger partial charge >= 0.3 is 0 Å². The Bertz CT molecular complexity index is 477. The van der Waals surface area contributed by atoms with Gasteiger partial charge in [-0.2, -0.15) is 4.80 Å². The van der Waals surface area contributed by atoms with Crippen molar-refractivity contribution < 1.29 is 0 Å². The summed E-state index contributed by atoms with van der Waals surface area (Å²) in [6, 6.07) is 0.219. The molecule has 0 bridgehead atoms. The maximum atomic E-state index is 4.28. The first-order chi connectivity index (χ1) is 8.20. The molecule has 6 nitrogen and oxygen atoms in total. The molecule has 7 heteroatoms. The number of nitrogens with one attached hydrogen (secondary N) is 1. The third-order valence-electron chi connectivity index (χ3n) is 2.49. The van der Waals surface area contributed by atoms with Crippen LogP contribution in [0.15, 0.2) is 5.51 Å². The van der Waals surface area contributed by atoms with E-state index in [4.69, 9.17) is 0 Å². The third kappa shape index (κ3) is 2.86. The van der Waals surface area contributed by atoms with E-state index in [0.29, 0.717) is 0 Å². The number of rotatable bonds is 5. The van der Waals surface area contributed by atoms with Crippen molar-refractivity contribution in [3.05, 3.63) is 21.9 Å². The number of thiazole rings is 1. The molecule has 2 aromatic heterocycles. The Morgan fingerprint density at radius 2 is 2.35 bits per heavy atom. The van der Waals surface area contributed by atoms with E-state index in [2.05, 4.69) is 32.6 Å². The first-order valence-corrected chi connectivity index (χ1v) is 6.45. The molecule has 0 amide bonds. The second-order valence-electron chi connectivity index (χ2n) is 3.81. The average molecular weight is 252 g/mol. The summed E-state index contributed by atoms with van der Waals surface area (Å²) < 4.78 is 0. The monoisotopic (exact) mass is 252 g/mol. The number of nitrogens with zero attached hydrogens (tertiary/aromatic N) is 5. The fraction of sp³-hybridized carbons (Fsp3) is 0.600. The van der Waals surface area contributed by atoms with Crippen LogP contribution in [-0.2, 0) is 13.5 Å². The summed E-state index contributed by atoms with van der Waals surface area (Å²) in [6.07, 6.45) is 0.741. The Labute approximate surface area is 104 Å². The highest BCUT2D eigenvalue weighted by Gasteiger charge is 2.18. The number of tetrazole rings is 1. The first-order valence-electron chi connectivity index (χ1n) is 5.57. The molecule has 0 spiro atoms. The van der Waals surface area contributed by atoms with Gasteiger partial charge in [-0.3, -0.25) is 0 Å². The van der Waals surface area contributed by atoms with Crippen molar-refractivity contribution in [2.75, 3.05) is 6.54 Å². The lowest BCUT2D eigenvalue weighted by Gasteiger charge is -2.14. The summed E-state index contributed by atoms with van der Waals surface area (Å²) in [5, 5.41) is 15.5. The Hall–Kier alpha value is -1.34. The van der Waals surface area contributed by atoms with Crippen LogP contribution in [-0.4, -0.2) is 31.7 Å². The molecule has 1 N–H and O–H groups in total. The number of likely N-dealkylation sites (N-methyl/N-ethyl adjacent to an activating group) is 1. The van der Waals surface area contributed by atoms with Crippen LogP contribution in [0.2, 0.25) is 0 Å². The van der Waals surface area contributed by atoms with E-state index in [0.717, 1.165) is 24.5 Å². The summed E-state index contributed by atoms with van der Waals surface area (Å²) in [5.74, 6) is 0.756. The molecule has 0 aliphatic heterocycles. The molecule has 92 valence electrons. The van der Waals surface area contributed by atoms with E-state index < -0.39 is 0 Å². The van der Waals surface area contributed by atoms with E-state index in [1.54, 1.807) is 18.4 Å². The SMILES string of the molecule is CCNC(Cc1nnn(C)n1)c1scnc1C. The zero-order valence-corrected chi connectivity index (χ0v) is 11.0. The minimum absolute atomic E-state index is 0.219. The van der Waals surface area contributed by atoms with Crippen molar-refractivity contribution >= 4 is 11.3 Å². The topological polar surface area (TPSA) is 68.5 Å². The molecule has 2 heterocycles. The van der Waals surface area contributed by atoms with Crippen molar-refractivity contribution in [3.8, 4) is 0 Å². The van der Waals surface area contributed by atoms with Gasteiger partial charge in [-0.05, 0) is 18.7 Å². The summed E-state index contributed by atoms with van der Waals surface area (Å²) >= 11 is 1.67. The predicted molar refractivity (Wildman–Crippen MR) is 65.8 cm³/mol. The summed E-state index contributed by atoms with van der Waals surface area (Å²) in [4.78, 5) is 7.02. The summed E-state index contributed by atoms with van der Waals surface area (Å²) in [6.45, 7) is 5.02. The second-order valence-corrected chi connectivity index (χ2v) is 4.70.